The fraction of sp³-hybridized carbons (Fsp3) is 0.263. The molecule has 0 aliphatic carbocycles. The van der Waals surface area contributed by atoms with Crippen molar-refractivity contribution in [2.45, 2.75) is 20.4 Å². The highest BCUT2D eigenvalue weighted by molar-refractivity contribution is 6.30. The highest BCUT2D eigenvalue weighted by Crippen LogP contribution is 2.29. The fourth-order valence-corrected chi connectivity index (χ4v) is 2.32. The summed E-state index contributed by atoms with van der Waals surface area (Å²) in [6.07, 6.45) is 5.23. The lowest BCUT2D eigenvalue weighted by atomic mass is 10.1. The van der Waals surface area contributed by atoms with Crippen molar-refractivity contribution in [2.75, 3.05) is 18.5 Å². The Kier molecular flexibility index (Phi) is 6.19. The third-order valence-corrected chi connectivity index (χ3v) is 3.54. The van der Waals surface area contributed by atoms with Crippen LogP contribution in [0.4, 0.5) is 5.69 Å². The van der Waals surface area contributed by atoms with Crippen LogP contribution in [0, 0.1) is 19.3 Å². The molecule has 0 unspecified atom stereocenters. The van der Waals surface area contributed by atoms with Crippen LogP contribution < -0.4 is 14.8 Å². The number of nitrogens with one attached hydrogen (secondary N) is 1. The minimum atomic E-state index is 0.222. The number of benzene rings is 2. The zero-order valence-corrected chi connectivity index (χ0v) is 14.1. The topological polar surface area (TPSA) is 30.5 Å². The quantitative estimate of drug-likeness (QED) is 0.749. The van der Waals surface area contributed by atoms with Crippen molar-refractivity contribution in [3.63, 3.8) is 0 Å². The van der Waals surface area contributed by atoms with E-state index in [1.54, 1.807) is 0 Å². The van der Waals surface area contributed by atoms with Gasteiger partial charge in [-0.15, -0.1) is 6.42 Å². The maximum Gasteiger partial charge on any atom is 0.162 e. The van der Waals surface area contributed by atoms with Gasteiger partial charge < -0.3 is 14.8 Å². The van der Waals surface area contributed by atoms with E-state index >= 15 is 0 Å². The van der Waals surface area contributed by atoms with Crippen molar-refractivity contribution < 1.29 is 9.47 Å². The van der Waals surface area contributed by atoms with Gasteiger partial charge in [-0.05, 0) is 49.2 Å². The molecule has 23 heavy (non-hydrogen) atoms. The lowest BCUT2D eigenvalue weighted by molar-refractivity contribution is 0.299. The van der Waals surface area contributed by atoms with Crippen LogP contribution in [0.3, 0.4) is 0 Å². The third-order valence-electron chi connectivity index (χ3n) is 3.30. The van der Waals surface area contributed by atoms with Gasteiger partial charge in [-0.2, -0.15) is 0 Å². The first-order valence-electron chi connectivity index (χ1n) is 7.46. The van der Waals surface area contributed by atoms with Crippen LogP contribution in [0.2, 0.25) is 5.02 Å². The Morgan fingerprint density at radius 1 is 1.13 bits per heavy atom. The predicted octanol–water partition coefficient (Wildman–Crippen LogP) is 4.67. The molecule has 0 atom stereocenters. The van der Waals surface area contributed by atoms with Gasteiger partial charge in [-0.3, -0.25) is 0 Å². The molecular weight excluding hydrogens is 310 g/mol. The first kappa shape index (κ1) is 17.1. The molecule has 2 rings (SSSR count). The van der Waals surface area contributed by atoms with Crippen LogP contribution in [0.25, 0.3) is 0 Å². The molecule has 2 aromatic carbocycles. The number of hydrogen-bond acceptors (Lipinski definition) is 3. The summed E-state index contributed by atoms with van der Waals surface area (Å²) < 4.78 is 11.1. The van der Waals surface area contributed by atoms with Gasteiger partial charge in [0.1, 0.15) is 6.61 Å². The van der Waals surface area contributed by atoms with Crippen LogP contribution in [0.1, 0.15) is 18.1 Å². The van der Waals surface area contributed by atoms with E-state index in [9.17, 15) is 0 Å². The van der Waals surface area contributed by atoms with Gasteiger partial charge >= 0.3 is 0 Å². The number of terminal acetylenes is 1. The van der Waals surface area contributed by atoms with Gasteiger partial charge in [0.2, 0.25) is 0 Å². The van der Waals surface area contributed by atoms with E-state index in [0.29, 0.717) is 29.7 Å². The molecule has 0 aromatic heterocycles. The van der Waals surface area contributed by atoms with Crippen LogP contribution in [0.5, 0.6) is 11.5 Å². The minimum Gasteiger partial charge on any atom is -0.490 e. The molecule has 0 heterocycles. The summed E-state index contributed by atoms with van der Waals surface area (Å²) in [7, 11) is 0. The molecule has 0 saturated carbocycles. The average molecular weight is 330 g/mol. The maximum atomic E-state index is 6.04. The van der Waals surface area contributed by atoms with Crippen LogP contribution in [-0.4, -0.2) is 13.2 Å². The molecule has 0 radical (unpaired) electrons. The summed E-state index contributed by atoms with van der Waals surface area (Å²) in [6, 6.07) is 11.6. The van der Waals surface area contributed by atoms with Crippen LogP contribution in [0.15, 0.2) is 36.4 Å². The second kappa shape index (κ2) is 8.36. The Morgan fingerprint density at radius 3 is 2.70 bits per heavy atom. The Morgan fingerprint density at radius 2 is 1.96 bits per heavy atom. The van der Waals surface area contributed by atoms with Gasteiger partial charge in [-0.1, -0.05) is 29.7 Å². The van der Waals surface area contributed by atoms with Crippen molar-refractivity contribution in [1.82, 2.24) is 0 Å². The van der Waals surface area contributed by atoms with Crippen molar-refractivity contribution >= 4 is 17.3 Å². The number of aryl methyl sites for hydroxylation is 1. The monoisotopic (exact) mass is 329 g/mol. The second-order valence-corrected chi connectivity index (χ2v) is 5.46. The van der Waals surface area contributed by atoms with E-state index < -0.39 is 0 Å². The zero-order chi connectivity index (χ0) is 16.7. The molecule has 0 spiro atoms. The molecule has 0 aliphatic rings. The summed E-state index contributed by atoms with van der Waals surface area (Å²) in [6.45, 7) is 5.43. The minimum absolute atomic E-state index is 0.222. The Labute approximate surface area is 142 Å². The largest absolute Gasteiger partial charge is 0.490 e. The van der Waals surface area contributed by atoms with Crippen molar-refractivity contribution in [1.29, 1.82) is 0 Å². The molecular formula is C19H20ClNO2. The molecule has 0 saturated heterocycles. The van der Waals surface area contributed by atoms with Crippen molar-refractivity contribution in [3.8, 4) is 23.8 Å². The summed E-state index contributed by atoms with van der Waals surface area (Å²) in [4.78, 5) is 0. The van der Waals surface area contributed by atoms with E-state index in [2.05, 4.69) is 11.2 Å². The number of anilines is 1. The Bertz CT molecular complexity index is 707. The second-order valence-electron chi connectivity index (χ2n) is 5.02. The highest BCUT2D eigenvalue weighted by atomic mass is 35.5. The lowest BCUT2D eigenvalue weighted by Crippen LogP contribution is -2.03. The van der Waals surface area contributed by atoms with Crippen molar-refractivity contribution in [3.05, 3.63) is 52.5 Å². The SMILES string of the molecule is C#CCOc1ccc(CNc2cc(Cl)ccc2C)cc1OCC. The van der Waals surface area contributed by atoms with Crippen molar-refractivity contribution in [2.24, 2.45) is 0 Å². The van der Waals surface area contributed by atoms with Crippen LogP contribution in [-0.2, 0) is 6.54 Å². The fourth-order valence-electron chi connectivity index (χ4n) is 2.15. The van der Waals surface area contributed by atoms with E-state index in [1.807, 2.05) is 50.2 Å². The van der Waals surface area contributed by atoms with Gasteiger partial charge in [0.05, 0.1) is 6.61 Å². The summed E-state index contributed by atoms with van der Waals surface area (Å²) in [5.41, 5.74) is 3.25. The summed E-state index contributed by atoms with van der Waals surface area (Å²) in [5, 5.41) is 4.10. The number of rotatable bonds is 7. The average Bonchev–Trinajstić information content (AvgIpc) is 2.55. The smallest absolute Gasteiger partial charge is 0.162 e. The number of halogens is 1. The first-order valence-corrected chi connectivity index (χ1v) is 7.84. The van der Waals surface area contributed by atoms with Gasteiger partial charge in [0.25, 0.3) is 0 Å². The molecule has 120 valence electrons. The maximum absolute atomic E-state index is 6.04. The molecule has 4 heteroatoms. The summed E-state index contributed by atoms with van der Waals surface area (Å²) in [5.74, 6) is 3.81. The van der Waals surface area contributed by atoms with Gasteiger partial charge in [-0.25, -0.2) is 0 Å². The van der Waals surface area contributed by atoms with E-state index in [0.717, 1.165) is 16.8 Å². The zero-order valence-electron chi connectivity index (χ0n) is 13.4. The number of ether oxygens (including phenoxy) is 2. The van der Waals surface area contributed by atoms with E-state index in [-0.39, 0.29) is 6.61 Å². The van der Waals surface area contributed by atoms with Crippen LogP contribution >= 0.6 is 11.6 Å². The summed E-state index contributed by atoms with van der Waals surface area (Å²) >= 11 is 6.04. The van der Waals surface area contributed by atoms with E-state index in [4.69, 9.17) is 27.5 Å². The van der Waals surface area contributed by atoms with Gasteiger partial charge in [0.15, 0.2) is 11.5 Å². The predicted molar refractivity (Wildman–Crippen MR) is 95.5 cm³/mol. The van der Waals surface area contributed by atoms with E-state index in [1.165, 1.54) is 0 Å². The highest BCUT2D eigenvalue weighted by Gasteiger charge is 2.07. The molecule has 0 aliphatic heterocycles. The first-order chi connectivity index (χ1) is 11.1. The Balaban J connectivity index is 2.12. The standard InChI is InChI=1S/C19H20ClNO2/c1-4-10-23-18-9-7-15(11-19(18)22-5-2)13-21-17-12-16(20)8-6-14(17)3/h1,6-9,11-12,21H,5,10,13H2,2-3H3. The normalized spacial score (nSPS) is 10.0. The molecule has 0 amide bonds. The molecule has 3 nitrogen and oxygen atoms in total. The molecule has 0 bridgehead atoms. The Hall–Kier alpha value is -2.31. The van der Waals surface area contributed by atoms with Gasteiger partial charge in [0, 0.05) is 17.3 Å². The number of hydrogen-bond donors (Lipinski definition) is 1. The molecule has 1 N–H and O–H groups in total. The molecule has 0 fully saturated rings. The third kappa shape index (κ3) is 4.84. The lowest BCUT2D eigenvalue weighted by Gasteiger charge is -2.14. The molecule has 2 aromatic rings.